The van der Waals surface area contributed by atoms with Crippen LogP contribution in [0, 0.1) is 0 Å². The number of nitrogens with zero attached hydrogens (tertiary/aromatic N) is 1. The van der Waals surface area contributed by atoms with Crippen LogP contribution >= 0.6 is 0 Å². The molecule has 2 N–H and O–H groups in total. The molecule has 0 aromatic heterocycles. The third-order valence-corrected chi connectivity index (χ3v) is 2.73. The average Bonchev–Trinajstić information content (AvgIpc) is 2.15. The first-order valence-electron chi connectivity index (χ1n) is 6.51. The second-order valence-electron chi connectivity index (χ2n) is 5.29. The van der Waals surface area contributed by atoms with E-state index >= 15 is 0 Å². The van der Waals surface area contributed by atoms with Crippen LogP contribution in [0.5, 0.6) is 0 Å². The van der Waals surface area contributed by atoms with E-state index in [1.54, 1.807) is 0 Å². The molecule has 0 saturated carbocycles. The second kappa shape index (κ2) is 8.12. The van der Waals surface area contributed by atoms with E-state index < -0.39 is 0 Å². The van der Waals surface area contributed by atoms with E-state index in [4.69, 9.17) is 5.73 Å². The van der Waals surface area contributed by atoms with Crippen molar-refractivity contribution in [3.63, 3.8) is 0 Å². The Hall–Kier alpha value is -0.0800. The molecule has 0 spiro atoms. The fourth-order valence-corrected chi connectivity index (χ4v) is 1.55. The summed E-state index contributed by atoms with van der Waals surface area (Å²) < 4.78 is 0. The van der Waals surface area contributed by atoms with E-state index in [0.29, 0.717) is 0 Å². The highest BCUT2D eigenvalue weighted by molar-refractivity contribution is 4.73. The Morgan fingerprint density at radius 2 is 1.40 bits per heavy atom. The molecule has 0 aliphatic carbocycles. The van der Waals surface area contributed by atoms with Gasteiger partial charge in [-0.1, -0.05) is 26.7 Å². The molecule has 0 rings (SSSR count). The number of nitrogens with two attached hydrogens (primary N) is 1. The maximum absolute atomic E-state index is 6.01. The van der Waals surface area contributed by atoms with E-state index in [2.05, 4.69) is 32.6 Å². The van der Waals surface area contributed by atoms with Gasteiger partial charge in [-0.2, -0.15) is 0 Å². The molecule has 0 saturated heterocycles. The van der Waals surface area contributed by atoms with Crippen molar-refractivity contribution in [2.24, 2.45) is 5.73 Å². The summed E-state index contributed by atoms with van der Waals surface area (Å²) in [5.41, 5.74) is 6.00. The summed E-state index contributed by atoms with van der Waals surface area (Å²) in [5.74, 6) is 0. The fraction of sp³-hybridized carbons (Fsp3) is 1.00. The van der Waals surface area contributed by atoms with E-state index in [0.717, 1.165) is 13.0 Å². The average molecular weight is 214 g/mol. The normalized spacial score (nSPS) is 12.4. The smallest absolute Gasteiger partial charge is 0.0109 e. The molecule has 0 aromatic carbocycles. The summed E-state index contributed by atoms with van der Waals surface area (Å²) in [6.07, 6.45) is 6.30. The molecule has 15 heavy (non-hydrogen) atoms. The predicted molar refractivity (Wildman–Crippen MR) is 69.1 cm³/mol. The third kappa shape index (κ3) is 10.2. The van der Waals surface area contributed by atoms with Gasteiger partial charge in [-0.05, 0) is 52.7 Å². The van der Waals surface area contributed by atoms with Crippen molar-refractivity contribution in [2.45, 2.75) is 65.3 Å². The Bertz CT molecular complexity index is 130. The highest BCUT2D eigenvalue weighted by Crippen LogP contribution is 2.07. The summed E-state index contributed by atoms with van der Waals surface area (Å²) >= 11 is 0. The summed E-state index contributed by atoms with van der Waals surface area (Å²) in [4.78, 5) is 2.57. The van der Waals surface area contributed by atoms with Crippen LogP contribution in [0.3, 0.4) is 0 Å². The lowest BCUT2D eigenvalue weighted by Crippen LogP contribution is -2.38. The van der Waals surface area contributed by atoms with Crippen LogP contribution in [-0.2, 0) is 0 Å². The third-order valence-electron chi connectivity index (χ3n) is 2.73. The summed E-state index contributed by atoms with van der Waals surface area (Å²) in [5, 5.41) is 0. The van der Waals surface area contributed by atoms with Crippen molar-refractivity contribution in [1.29, 1.82) is 0 Å². The van der Waals surface area contributed by atoms with Crippen LogP contribution in [0.1, 0.15) is 59.8 Å². The first kappa shape index (κ1) is 14.9. The van der Waals surface area contributed by atoms with Gasteiger partial charge in [0.25, 0.3) is 0 Å². The van der Waals surface area contributed by atoms with Gasteiger partial charge in [0.1, 0.15) is 0 Å². The quantitative estimate of drug-likeness (QED) is 0.639. The second-order valence-corrected chi connectivity index (χ2v) is 5.29. The number of rotatable bonds is 9. The van der Waals surface area contributed by atoms with Crippen molar-refractivity contribution in [1.82, 2.24) is 4.90 Å². The lowest BCUT2D eigenvalue weighted by Gasteiger charge is -2.26. The van der Waals surface area contributed by atoms with Gasteiger partial charge in [0, 0.05) is 5.54 Å². The first-order valence-corrected chi connectivity index (χ1v) is 6.51. The van der Waals surface area contributed by atoms with Crippen LogP contribution in [0.4, 0.5) is 0 Å². The SMILES string of the molecule is CCCCN(CCCC)CCC(C)(C)N. The van der Waals surface area contributed by atoms with E-state index in [1.165, 1.54) is 38.8 Å². The van der Waals surface area contributed by atoms with Crippen LogP contribution in [0.15, 0.2) is 0 Å². The first-order chi connectivity index (χ1) is 6.99. The highest BCUT2D eigenvalue weighted by Gasteiger charge is 2.12. The summed E-state index contributed by atoms with van der Waals surface area (Å²) in [6.45, 7) is 12.4. The molecule has 0 radical (unpaired) electrons. The Morgan fingerprint density at radius 3 is 1.73 bits per heavy atom. The molecule has 2 heteroatoms. The number of unbranched alkanes of at least 4 members (excludes halogenated alkanes) is 2. The van der Waals surface area contributed by atoms with Crippen molar-refractivity contribution < 1.29 is 0 Å². The zero-order chi connectivity index (χ0) is 11.7. The molecule has 2 nitrogen and oxygen atoms in total. The fourth-order valence-electron chi connectivity index (χ4n) is 1.55. The molecule has 0 aliphatic rings. The van der Waals surface area contributed by atoms with Gasteiger partial charge in [0.2, 0.25) is 0 Å². The molecule has 0 aromatic rings. The minimum atomic E-state index is -0.0172. The van der Waals surface area contributed by atoms with Crippen molar-refractivity contribution in [2.75, 3.05) is 19.6 Å². The lowest BCUT2D eigenvalue weighted by molar-refractivity contribution is 0.241. The zero-order valence-corrected chi connectivity index (χ0v) is 11.2. The van der Waals surface area contributed by atoms with Gasteiger partial charge >= 0.3 is 0 Å². The summed E-state index contributed by atoms with van der Waals surface area (Å²) in [6, 6.07) is 0. The van der Waals surface area contributed by atoms with Gasteiger partial charge in [-0.25, -0.2) is 0 Å². The molecule has 92 valence electrons. The monoisotopic (exact) mass is 214 g/mol. The largest absolute Gasteiger partial charge is 0.326 e. The van der Waals surface area contributed by atoms with Crippen LogP contribution < -0.4 is 5.73 Å². The number of hydrogen-bond acceptors (Lipinski definition) is 2. The lowest BCUT2D eigenvalue weighted by atomic mass is 10.0. The van der Waals surface area contributed by atoms with Gasteiger partial charge in [0.15, 0.2) is 0 Å². The molecule has 0 atom stereocenters. The molecular weight excluding hydrogens is 184 g/mol. The topological polar surface area (TPSA) is 29.3 Å². The van der Waals surface area contributed by atoms with Crippen molar-refractivity contribution >= 4 is 0 Å². The molecule has 0 amide bonds. The van der Waals surface area contributed by atoms with Gasteiger partial charge in [-0.3, -0.25) is 0 Å². The van der Waals surface area contributed by atoms with Crippen LogP contribution in [0.25, 0.3) is 0 Å². The molecule has 0 fully saturated rings. The van der Waals surface area contributed by atoms with Crippen molar-refractivity contribution in [3.05, 3.63) is 0 Å². The minimum Gasteiger partial charge on any atom is -0.326 e. The maximum Gasteiger partial charge on any atom is 0.0109 e. The maximum atomic E-state index is 6.01. The Balaban J connectivity index is 3.78. The molecular formula is C13H30N2. The Kier molecular flexibility index (Phi) is 8.07. The summed E-state index contributed by atoms with van der Waals surface area (Å²) in [7, 11) is 0. The highest BCUT2D eigenvalue weighted by atomic mass is 15.1. The molecule has 0 heterocycles. The minimum absolute atomic E-state index is 0.0172. The zero-order valence-electron chi connectivity index (χ0n) is 11.2. The van der Waals surface area contributed by atoms with Crippen LogP contribution in [0.2, 0.25) is 0 Å². The Labute approximate surface area is 96.2 Å². The van der Waals surface area contributed by atoms with E-state index in [9.17, 15) is 0 Å². The van der Waals surface area contributed by atoms with Gasteiger partial charge in [0.05, 0.1) is 0 Å². The van der Waals surface area contributed by atoms with Gasteiger partial charge in [-0.15, -0.1) is 0 Å². The van der Waals surface area contributed by atoms with E-state index in [1.807, 2.05) is 0 Å². The molecule has 0 bridgehead atoms. The standard InChI is InChI=1S/C13H30N2/c1-5-7-10-15(11-8-6-2)12-9-13(3,4)14/h5-12,14H2,1-4H3. The van der Waals surface area contributed by atoms with Gasteiger partial charge < -0.3 is 10.6 Å². The Morgan fingerprint density at radius 1 is 0.933 bits per heavy atom. The number of hydrogen-bond donors (Lipinski definition) is 1. The predicted octanol–water partition coefficient (Wildman–Crippen LogP) is 3.02. The molecule has 0 unspecified atom stereocenters. The van der Waals surface area contributed by atoms with Crippen molar-refractivity contribution in [3.8, 4) is 0 Å². The van der Waals surface area contributed by atoms with Crippen LogP contribution in [-0.4, -0.2) is 30.1 Å². The molecule has 0 aliphatic heterocycles. The van der Waals surface area contributed by atoms with E-state index in [-0.39, 0.29) is 5.54 Å².